The number of aryl methyl sites for hydroxylation is 2. The lowest BCUT2D eigenvalue weighted by Crippen LogP contribution is -2.28. The number of hydrogen-bond acceptors (Lipinski definition) is 2. The van der Waals surface area contributed by atoms with Crippen molar-refractivity contribution in [2.24, 2.45) is 0 Å². The molecular weight excluding hydrogens is 368 g/mol. The Labute approximate surface area is 179 Å². The number of carbonyl (C=O) groups is 1. The summed E-state index contributed by atoms with van der Waals surface area (Å²) in [6.07, 6.45) is 5.83. The largest absolute Gasteiger partial charge is 0.367 e. The zero-order valence-corrected chi connectivity index (χ0v) is 17.7. The highest BCUT2D eigenvalue weighted by atomic mass is 16.1. The van der Waals surface area contributed by atoms with Gasteiger partial charge in [0, 0.05) is 30.0 Å². The Kier molecular flexibility index (Phi) is 6.48. The first-order chi connectivity index (χ1) is 14.7. The van der Waals surface area contributed by atoms with Gasteiger partial charge < -0.3 is 10.2 Å². The summed E-state index contributed by atoms with van der Waals surface area (Å²) in [6, 6.07) is 24.8. The van der Waals surface area contributed by atoms with Gasteiger partial charge in [-0.2, -0.15) is 0 Å². The number of hydrogen-bond donors (Lipinski definition) is 1. The zero-order valence-electron chi connectivity index (χ0n) is 17.7. The second-order valence-electron chi connectivity index (χ2n) is 8.11. The Morgan fingerprint density at radius 1 is 0.933 bits per heavy atom. The van der Waals surface area contributed by atoms with E-state index in [1.165, 1.54) is 41.6 Å². The highest BCUT2D eigenvalue weighted by Gasteiger charge is 2.16. The minimum atomic E-state index is -0.0637. The quantitative estimate of drug-likeness (QED) is 0.511. The Morgan fingerprint density at radius 2 is 1.67 bits per heavy atom. The normalized spacial score (nSPS) is 13.0. The van der Waals surface area contributed by atoms with Crippen molar-refractivity contribution in [3.8, 4) is 0 Å². The van der Waals surface area contributed by atoms with Crippen molar-refractivity contribution in [2.45, 2.75) is 45.6 Å². The summed E-state index contributed by atoms with van der Waals surface area (Å²) in [5.74, 6) is -0.0637. The van der Waals surface area contributed by atoms with Crippen molar-refractivity contribution in [3.63, 3.8) is 0 Å². The number of anilines is 2. The van der Waals surface area contributed by atoms with Crippen LogP contribution in [0.2, 0.25) is 0 Å². The lowest BCUT2D eigenvalue weighted by molar-refractivity contribution is 0.102. The van der Waals surface area contributed by atoms with Crippen molar-refractivity contribution in [1.82, 2.24) is 0 Å². The summed E-state index contributed by atoms with van der Waals surface area (Å²) in [6.45, 7) is 4.15. The first-order valence-electron chi connectivity index (χ1n) is 11.0. The summed E-state index contributed by atoms with van der Waals surface area (Å²) in [4.78, 5) is 15.1. The average molecular weight is 399 g/mol. The molecule has 1 heterocycles. The van der Waals surface area contributed by atoms with Gasteiger partial charge in [-0.1, -0.05) is 55.8 Å². The zero-order chi connectivity index (χ0) is 20.8. The fourth-order valence-electron chi connectivity index (χ4n) is 4.10. The van der Waals surface area contributed by atoms with Crippen LogP contribution in [0.25, 0.3) is 0 Å². The Morgan fingerprint density at radius 3 is 2.43 bits per heavy atom. The maximum absolute atomic E-state index is 12.6. The molecule has 1 amide bonds. The van der Waals surface area contributed by atoms with E-state index in [0.717, 1.165) is 31.6 Å². The summed E-state index contributed by atoms with van der Waals surface area (Å²) in [5, 5.41) is 3.01. The molecule has 0 unspecified atom stereocenters. The van der Waals surface area contributed by atoms with E-state index < -0.39 is 0 Å². The maximum Gasteiger partial charge on any atom is 0.255 e. The fourth-order valence-corrected chi connectivity index (χ4v) is 4.10. The molecule has 0 atom stereocenters. The minimum Gasteiger partial charge on any atom is -0.367 e. The molecule has 1 N–H and O–H groups in total. The van der Waals surface area contributed by atoms with Crippen LogP contribution in [0, 0.1) is 0 Å². The molecule has 0 aliphatic carbocycles. The number of unbranched alkanes of at least 4 members (excludes halogenated alkanes) is 1. The minimum absolute atomic E-state index is 0.0637. The van der Waals surface area contributed by atoms with Crippen LogP contribution in [0.15, 0.2) is 72.8 Å². The van der Waals surface area contributed by atoms with Crippen LogP contribution in [0.3, 0.4) is 0 Å². The molecule has 0 aromatic heterocycles. The van der Waals surface area contributed by atoms with Gasteiger partial charge in [0.05, 0.1) is 0 Å². The maximum atomic E-state index is 12.6. The smallest absolute Gasteiger partial charge is 0.255 e. The van der Waals surface area contributed by atoms with Gasteiger partial charge in [0.25, 0.3) is 5.91 Å². The third-order valence-corrected chi connectivity index (χ3v) is 5.83. The SMILES string of the molecule is CCCCc1ccc(NC(=O)c2ccc(CN3CCCc4ccccc43)cc2)cc1. The highest BCUT2D eigenvalue weighted by molar-refractivity contribution is 6.04. The summed E-state index contributed by atoms with van der Waals surface area (Å²) >= 11 is 0. The number of para-hydroxylation sites is 1. The number of rotatable bonds is 7. The Bertz CT molecular complexity index is 977. The van der Waals surface area contributed by atoms with E-state index >= 15 is 0 Å². The molecule has 154 valence electrons. The molecule has 3 heteroatoms. The van der Waals surface area contributed by atoms with Crippen LogP contribution in [0.4, 0.5) is 11.4 Å². The van der Waals surface area contributed by atoms with Crippen molar-refractivity contribution in [2.75, 3.05) is 16.8 Å². The number of carbonyl (C=O) groups excluding carboxylic acids is 1. The van der Waals surface area contributed by atoms with E-state index in [9.17, 15) is 4.79 Å². The van der Waals surface area contributed by atoms with Crippen molar-refractivity contribution < 1.29 is 4.79 Å². The molecule has 3 aromatic carbocycles. The average Bonchev–Trinajstić information content (AvgIpc) is 2.79. The highest BCUT2D eigenvalue weighted by Crippen LogP contribution is 2.28. The lowest BCUT2D eigenvalue weighted by atomic mass is 10.0. The standard InChI is InChI=1S/C27H30N2O/c1-2-3-7-21-13-17-25(18-14-21)28-27(30)24-15-11-22(12-16-24)20-29-19-6-9-23-8-4-5-10-26(23)29/h4-5,8,10-18H,2-3,6-7,9,19-20H2,1H3,(H,28,30). The van der Waals surface area contributed by atoms with E-state index in [-0.39, 0.29) is 5.91 Å². The number of nitrogens with one attached hydrogen (secondary N) is 1. The third-order valence-electron chi connectivity index (χ3n) is 5.83. The number of benzene rings is 3. The lowest BCUT2D eigenvalue weighted by Gasteiger charge is -2.31. The first-order valence-corrected chi connectivity index (χ1v) is 11.0. The topological polar surface area (TPSA) is 32.3 Å². The molecule has 3 nitrogen and oxygen atoms in total. The van der Waals surface area contributed by atoms with Crippen LogP contribution in [0.5, 0.6) is 0 Å². The van der Waals surface area contributed by atoms with E-state index in [1.807, 2.05) is 24.3 Å². The summed E-state index contributed by atoms with van der Waals surface area (Å²) in [7, 11) is 0. The molecule has 0 spiro atoms. The molecule has 0 saturated heterocycles. The fraction of sp³-hybridized carbons (Fsp3) is 0.296. The van der Waals surface area contributed by atoms with Gasteiger partial charge in [0.15, 0.2) is 0 Å². The van der Waals surface area contributed by atoms with Crippen LogP contribution in [0.1, 0.15) is 53.2 Å². The second kappa shape index (κ2) is 9.62. The van der Waals surface area contributed by atoms with Gasteiger partial charge >= 0.3 is 0 Å². The molecule has 0 bridgehead atoms. The van der Waals surface area contributed by atoms with E-state index in [1.54, 1.807) is 0 Å². The first kappa shape index (κ1) is 20.2. The van der Waals surface area contributed by atoms with Crippen molar-refractivity contribution in [3.05, 3.63) is 95.1 Å². The van der Waals surface area contributed by atoms with Gasteiger partial charge in [0.1, 0.15) is 0 Å². The molecule has 1 aliphatic rings. The molecular formula is C27H30N2O. The summed E-state index contributed by atoms with van der Waals surface area (Å²) in [5.41, 5.74) is 6.84. The van der Waals surface area contributed by atoms with Crippen molar-refractivity contribution in [1.29, 1.82) is 0 Å². The van der Waals surface area contributed by atoms with Crippen LogP contribution in [-0.4, -0.2) is 12.5 Å². The molecule has 30 heavy (non-hydrogen) atoms. The van der Waals surface area contributed by atoms with Gasteiger partial charge in [0.2, 0.25) is 0 Å². The number of amides is 1. The van der Waals surface area contributed by atoms with Crippen LogP contribution in [-0.2, 0) is 19.4 Å². The number of nitrogens with zero attached hydrogens (tertiary/aromatic N) is 1. The van der Waals surface area contributed by atoms with Crippen LogP contribution < -0.4 is 10.2 Å². The van der Waals surface area contributed by atoms with E-state index in [0.29, 0.717) is 5.56 Å². The summed E-state index contributed by atoms with van der Waals surface area (Å²) < 4.78 is 0. The van der Waals surface area contributed by atoms with Gasteiger partial charge in [-0.05, 0) is 72.7 Å². The van der Waals surface area contributed by atoms with Crippen LogP contribution >= 0.6 is 0 Å². The Balaban J connectivity index is 1.37. The van der Waals surface area contributed by atoms with Crippen molar-refractivity contribution >= 4 is 17.3 Å². The molecule has 0 saturated carbocycles. The Hall–Kier alpha value is -3.07. The molecule has 1 aliphatic heterocycles. The van der Waals surface area contributed by atoms with Gasteiger partial charge in [-0.15, -0.1) is 0 Å². The van der Waals surface area contributed by atoms with Gasteiger partial charge in [-0.3, -0.25) is 4.79 Å². The molecule has 3 aromatic rings. The molecule has 4 rings (SSSR count). The molecule has 0 radical (unpaired) electrons. The monoisotopic (exact) mass is 398 g/mol. The van der Waals surface area contributed by atoms with Gasteiger partial charge in [-0.25, -0.2) is 0 Å². The molecule has 0 fully saturated rings. The second-order valence-corrected chi connectivity index (χ2v) is 8.11. The van der Waals surface area contributed by atoms with E-state index in [2.05, 4.69) is 65.7 Å². The third kappa shape index (κ3) is 4.91. The predicted octanol–water partition coefficient (Wildman–Crippen LogP) is 6.23. The number of fused-ring (bicyclic) bond motifs is 1. The predicted molar refractivity (Wildman–Crippen MR) is 125 cm³/mol. The van der Waals surface area contributed by atoms with E-state index in [4.69, 9.17) is 0 Å².